The van der Waals surface area contributed by atoms with E-state index in [0.29, 0.717) is 0 Å². The van der Waals surface area contributed by atoms with E-state index >= 15 is 0 Å². The molecule has 0 amide bonds. The minimum absolute atomic E-state index is 0. The number of fused-ring (bicyclic) bond motifs is 2. The fraction of sp³-hybridized carbons (Fsp3) is 0.231. The van der Waals surface area contributed by atoms with E-state index in [0.717, 1.165) is 25.9 Å². The van der Waals surface area contributed by atoms with E-state index in [1.807, 2.05) is 22.7 Å². The number of para-hydroxylation sites is 2. The van der Waals surface area contributed by atoms with Crippen LogP contribution in [-0.2, 0) is 13.1 Å². The zero-order chi connectivity index (χ0) is 31.2. The van der Waals surface area contributed by atoms with Crippen molar-refractivity contribution in [1.82, 2.24) is 0 Å². The lowest BCUT2D eigenvalue weighted by Crippen LogP contribution is -3.00. The quantitative estimate of drug-likeness (QED) is 0.140. The number of rotatable bonds is 12. The molecule has 0 saturated heterocycles. The van der Waals surface area contributed by atoms with Crippen LogP contribution in [0, 0.1) is 0 Å². The first-order valence-corrected chi connectivity index (χ1v) is 17.3. The van der Waals surface area contributed by atoms with E-state index in [-0.39, 0.29) is 34.0 Å². The van der Waals surface area contributed by atoms with Gasteiger partial charge >= 0.3 is 0 Å². The lowest BCUT2D eigenvalue weighted by Gasteiger charge is -2.11. The van der Waals surface area contributed by atoms with E-state index < -0.39 is 0 Å². The molecule has 244 valence electrons. The van der Waals surface area contributed by atoms with Crippen LogP contribution in [0.5, 0.6) is 0 Å². The average Bonchev–Trinajstić information content (AvgIpc) is 3.60. The maximum atomic E-state index is 2.51. The molecule has 0 aliphatic rings. The van der Waals surface area contributed by atoms with Crippen LogP contribution in [0.25, 0.3) is 44.7 Å². The Morgan fingerprint density at radius 1 is 0.489 bits per heavy atom. The Balaban J connectivity index is 0.00000250. The molecule has 0 radical (unpaired) electrons. The lowest BCUT2D eigenvalue weighted by atomic mass is 10.2. The smallest absolute Gasteiger partial charge is 0.262 e. The van der Waals surface area contributed by atoms with Gasteiger partial charge in [-0.15, -0.1) is 0 Å². The zero-order valence-corrected chi connectivity index (χ0v) is 32.2. The number of aromatic nitrogens is 2. The van der Waals surface area contributed by atoms with Crippen molar-refractivity contribution in [3.05, 3.63) is 118 Å². The Hall–Kier alpha value is -3.30. The molecule has 0 unspecified atom stereocenters. The third-order valence-electron chi connectivity index (χ3n) is 8.19. The highest BCUT2D eigenvalue weighted by Crippen LogP contribution is 2.25. The molecular weight excluding hydrogens is 748 g/mol. The standard InChI is InChI=1S/C39H42N4S2.2BrH/c1-40(2)32-22-16-30(17-23-32)20-26-38-42(34-12-6-8-14-36(34)44-38)28-10-5-11-29-43-35-13-7-9-15-37(35)45-39(43)27-21-31-18-24-33(25-19-31)41(3)4;;/h6-9,12-27H,5,10-11,28-29H2,1-4H3;2*1H/q+2;;/p-2. The molecule has 0 bridgehead atoms. The number of aryl methyl sites for hydroxylation is 2. The lowest BCUT2D eigenvalue weighted by molar-refractivity contribution is -0.673. The first kappa shape index (κ1) is 36.5. The Kier molecular flexibility index (Phi) is 13.4. The summed E-state index contributed by atoms with van der Waals surface area (Å²) in [5.41, 5.74) is 7.54. The molecule has 47 heavy (non-hydrogen) atoms. The van der Waals surface area contributed by atoms with Crippen LogP contribution in [0.2, 0.25) is 0 Å². The highest BCUT2D eigenvalue weighted by Gasteiger charge is 2.20. The van der Waals surface area contributed by atoms with Crippen LogP contribution in [0.3, 0.4) is 0 Å². The van der Waals surface area contributed by atoms with Gasteiger partial charge in [0.15, 0.2) is 13.1 Å². The van der Waals surface area contributed by atoms with E-state index in [4.69, 9.17) is 0 Å². The van der Waals surface area contributed by atoms with Crippen molar-refractivity contribution in [2.24, 2.45) is 0 Å². The summed E-state index contributed by atoms with van der Waals surface area (Å²) in [6.45, 7) is 2.04. The molecule has 8 heteroatoms. The molecular formula is C39H42Br2N4S2. The summed E-state index contributed by atoms with van der Waals surface area (Å²) in [4.78, 5) is 4.27. The largest absolute Gasteiger partial charge is 1.00 e. The zero-order valence-electron chi connectivity index (χ0n) is 27.4. The first-order valence-electron chi connectivity index (χ1n) is 15.7. The Morgan fingerprint density at radius 3 is 1.26 bits per heavy atom. The molecule has 0 fully saturated rings. The number of thiazole rings is 2. The number of anilines is 2. The average molecular weight is 791 g/mol. The Labute approximate surface area is 308 Å². The molecule has 0 saturated carbocycles. The minimum Gasteiger partial charge on any atom is -1.00 e. The monoisotopic (exact) mass is 788 g/mol. The molecule has 6 aromatic rings. The number of nitrogens with zero attached hydrogens (tertiary/aromatic N) is 4. The van der Waals surface area contributed by atoms with Gasteiger partial charge in [-0.25, -0.2) is 0 Å². The van der Waals surface area contributed by atoms with E-state index in [2.05, 4.69) is 168 Å². The van der Waals surface area contributed by atoms with E-state index in [1.54, 1.807) is 0 Å². The molecule has 2 aromatic heterocycles. The summed E-state index contributed by atoms with van der Waals surface area (Å²) in [6.07, 6.45) is 12.5. The second-order valence-electron chi connectivity index (χ2n) is 11.8. The highest BCUT2D eigenvalue weighted by molar-refractivity contribution is 7.19. The molecule has 0 aliphatic heterocycles. The summed E-state index contributed by atoms with van der Waals surface area (Å²) < 4.78 is 7.70. The van der Waals surface area contributed by atoms with Crippen molar-refractivity contribution in [2.75, 3.05) is 38.0 Å². The van der Waals surface area contributed by atoms with Crippen molar-refractivity contribution in [3.63, 3.8) is 0 Å². The Bertz CT molecular complexity index is 1800. The normalized spacial score (nSPS) is 11.3. The number of hydrogen-bond acceptors (Lipinski definition) is 4. The van der Waals surface area contributed by atoms with Gasteiger partial charge in [-0.1, -0.05) is 71.2 Å². The molecule has 2 heterocycles. The van der Waals surface area contributed by atoms with Gasteiger partial charge in [-0.3, -0.25) is 0 Å². The number of hydrogen-bond donors (Lipinski definition) is 0. The number of benzene rings is 4. The molecule has 4 aromatic carbocycles. The maximum absolute atomic E-state index is 2.51. The van der Waals surface area contributed by atoms with Gasteiger partial charge in [0.25, 0.3) is 10.0 Å². The topological polar surface area (TPSA) is 14.2 Å². The molecule has 4 nitrogen and oxygen atoms in total. The molecule has 0 aliphatic carbocycles. The predicted molar refractivity (Wildman–Crippen MR) is 197 cm³/mol. The SMILES string of the molecule is CN(C)c1ccc(/C=C/c2sc3ccccc3[n+]2CCCCC[n+]2c(/C=C/c3ccc(N(C)C)cc3)sc3ccccc32)cc1.[Br-].[Br-]. The van der Waals surface area contributed by atoms with Gasteiger partial charge in [-0.05, 0) is 66.1 Å². The Morgan fingerprint density at radius 2 is 0.872 bits per heavy atom. The maximum Gasteiger partial charge on any atom is 0.262 e. The predicted octanol–water partition coefficient (Wildman–Crippen LogP) is 3.04. The molecule has 6 rings (SSSR count). The summed E-state index contributed by atoms with van der Waals surface area (Å²) in [5.74, 6) is 0. The van der Waals surface area contributed by atoms with Crippen LogP contribution < -0.4 is 52.9 Å². The van der Waals surface area contributed by atoms with Crippen LogP contribution >= 0.6 is 22.7 Å². The van der Waals surface area contributed by atoms with Crippen molar-refractivity contribution in [3.8, 4) is 0 Å². The van der Waals surface area contributed by atoms with Crippen LogP contribution in [-0.4, -0.2) is 28.2 Å². The van der Waals surface area contributed by atoms with Crippen LogP contribution in [0.15, 0.2) is 97.1 Å². The number of unbranched alkanes of at least 4 members (excludes halogenated alkanes) is 2. The van der Waals surface area contributed by atoms with Gasteiger partial charge in [-0.2, -0.15) is 9.13 Å². The molecule has 0 atom stereocenters. The second kappa shape index (κ2) is 17.2. The van der Waals surface area contributed by atoms with E-state index in [1.165, 1.54) is 59.4 Å². The molecule has 0 spiro atoms. The van der Waals surface area contributed by atoms with E-state index in [9.17, 15) is 0 Å². The van der Waals surface area contributed by atoms with Gasteiger partial charge in [0.2, 0.25) is 11.0 Å². The third-order valence-corrected chi connectivity index (χ3v) is 10.5. The third kappa shape index (κ3) is 8.99. The minimum atomic E-state index is 0. The summed E-state index contributed by atoms with van der Waals surface area (Å²) >= 11 is 3.75. The van der Waals surface area contributed by atoms with Crippen molar-refractivity contribution in [2.45, 2.75) is 32.4 Å². The summed E-state index contributed by atoms with van der Waals surface area (Å²) in [5, 5.41) is 2.61. The fourth-order valence-electron chi connectivity index (χ4n) is 5.63. The molecule has 0 N–H and O–H groups in total. The van der Waals surface area contributed by atoms with Crippen molar-refractivity contribution in [1.29, 1.82) is 0 Å². The van der Waals surface area contributed by atoms with Gasteiger partial charge in [0.1, 0.15) is 9.40 Å². The van der Waals surface area contributed by atoms with Crippen LogP contribution in [0.4, 0.5) is 11.4 Å². The van der Waals surface area contributed by atoms with Gasteiger partial charge < -0.3 is 43.8 Å². The summed E-state index contributed by atoms with van der Waals surface area (Å²) in [6, 6.07) is 35.1. The highest BCUT2D eigenvalue weighted by atomic mass is 79.9. The summed E-state index contributed by atoms with van der Waals surface area (Å²) in [7, 11) is 8.31. The van der Waals surface area contributed by atoms with Crippen molar-refractivity contribution < 1.29 is 43.1 Å². The number of halogens is 2. The first-order chi connectivity index (χ1) is 22.0. The fourth-order valence-corrected chi connectivity index (χ4v) is 7.82. The van der Waals surface area contributed by atoms with Crippen molar-refractivity contribution >= 4 is 78.8 Å². The van der Waals surface area contributed by atoms with Crippen LogP contribution in [0.1, 0.15) is 40.4 Å². The van der Waals surface area contributed by atoms with Gasteiger partial charge in [0.05, 0.1) is 0 Å². The van der Waals surface area contributed by atoms with Gasteiger partial charge in [0, 0.05) is 76.7 Å². The second-order valence-corrected chi connectivity index (χ2v) is 13.9.